The molecule has 0 aromatic carbocycles. The van der Waals surface area contributed by atoms with E-state index < -0.39 is 0 Å². The molecule has 0 saturated carbocycles. The summed E-state index contributed by atoms with van der Waals surface area (Å²) in [6, 6.07) is 0. The Hall–Kier alpha value is -0.800. The molecule has 2 N–H and O–H groups in total. The zero-order valence-electron chi connectivity index (χ0n) is 18.5. The van der Waals surface area contributed by atoms with Gasteiger partial charge in [0.05, 0.1) is 12.7 Å². The Morgan fingerprint density at radius 1 is 0.889 bits per heavy atom. The maximum Gasteiger partial charge on any atom is 0.193 e. The highest BCUT2D eigenvalue weighted by atomic mass is 16.3. The minimum Gasteiger partial charge on any atom is -0.345 e. The molecule has 1 aliphatic heterocycles. The van der Waals surface area contributed by atoms with E-state index in [9.17, 15) is 5.11 Å². The lowest BCUT2D eigenvalue weighted by molar-refractivity contribution is -0.942. The fourth-order valence-corrected chi connectivity index (χ4v) is 4.25. The molecule has 3 nitrogen and oxygen atoms in total. The van der Waals surface area contributed by atoms with Crippen molar-refractivity contribution in [2.24, 2.45) is 0 Å². The van der Waals surface area contributed by atoms with E-state index >= 15 is 0 Å². The molecule has 3 heteroatoms. The smallest absolute Gasteiger partial charge is 0.193 e. The SMILES string of the molecule is CCCCCCCCCCCC/C=C/CCCC1NC=C[N+]1(CC)C(C)O. The third-order valence-corrected chi connectivity index (χ3v) is 6.20. The predicted octanol–water partition coefficient (Wildman–Crippen LogP) is 6.60. The summed E-state index contributed by atoms with van der Waals surface area (Å²) in [5.74, 6) is 0. The van der Waals surface area contributed by atoms with Crippen LogP contribution in [0.5, 0.6) is 0 Å². The monoisotopic (exact) mass is 379 g/mol. The summed E-state index contributed by atoms with van der Waals surface area (Å²) in [5, 5.41) is 13.6. The molecule has 0 aliphatic carbocycles. The van der Waals surface area contributed by atoms with Crippen molar-refractivity contribution < 1.29 is 9.59 Å². The zero-order valence-corrected chi connectivity index (χ0v) is 18.5. The largest absolute Gasteiger partial charge is 0.345 e. The Labute approximate surface area is 169 Å². The van der Waals surface area contributed by atoms with Crippen LogP contribution in [-0.4, -0.2) is 28.5 Å². The van der Waals surface area contributed by atoms with E-state index in [0.29, 0.717) is 10.6 Å². The van der Waals surface area contributed by atoms with Crippen molar-refractivity contribution in [1.82, 2.24) is 5.32 Å². The zero-order chi connectivity index (χ0) is 19.8. The highest BCUT2D eigenvalue weighted by Gasteiger charge is 2.40. The fraction of sp³-hybridized carbons (Fsp3) is 0.833. The standard InChI is InChI=1S/C24H47N2O/c1-4-6-7-8-9-10-11-12-13-14-15-16-17-18-19-20-24-25-21-22-26(24,5-2)23(3)27/h16-17,21-25,27H,4-15,18-20H2,1-3H3/q+1/b17-16+. The van der Waals surface area contributed by atoms with Gasteiger partial charge in [0.15, 0.2) is 12.4 Å². The van der Waals surface area contributed by atoms with Crippen LogP contribution in [0.25, 0.3) is 0 Å². The van der Waals surface area contributed by atoms with E-state index in [4.69, 9.17) is 0 Å². The third-order valence-electron chi connectivity index (χ3n) is 6.20. The molecular formula is C24H47N2O+. The van der Waals surface area contributed by atoms with Crippen molar-refractivity contribution in [2.45, 2.75) is 123 Å². The number of unbranched alkanes of at least 4 members (excludes halogenated alkanes) is 11. The van der Waals surface area contributed by atoms with Gasteiger partial charge < -0.3 is 10.4 Å². The molecule has 0 bridgehead atoms. The second-order valence-corrected chi connectivity index (χ2v) is 8.31. The van der Waals surface area contributed by atoms with Crippen LogP contribution in [0.2, 0.25) is 0 Å². The number of nitrogens with one attached hydrogen (secondary N) is 1. The Balaban J connectivity index is 1.95. The highest BCUT2D eigenvalue weighted by molar-refractivity contribution is 4.86. The lowest BCUT2D eigenvalue weighted by atomic mass is 10.1. The second-order valence-electron chi connectivity index (χ2n) is 8.31. The number of hydrogen-bond acceptors (Lipinski definition) is 2. The fourth-order valence-electron chi connectivity index (χ4n) is 4.25. The van der Waals surface area contributed by atoms with Crippen molar-refractivity contribution in [3.05, 3.63) is 24.6 Å². The van der Waals surface area contributed by atoms with Gasteiger partial charge in [0.2, 0.25) is 0 Å². The topological polar surface area (TPSA) is 32.3 Å². The van der Waals surface area contributed by atoms with Crippen LogP contribution < -0.4 is 5.32 Å². The molecule has 0 aromatic heterocycles. The quantitative estimate of drug-likeness (QED) is 0.169. The molecule has 3 unspecified atom stereocenters. The Kier molecular flexibility index (Phi) is 13.6. The summed E-state index contributed by atoms with van der Waals surface area (Å²) in [7, 11) is 0. The van der Waals surface area contributed by atoms with E-state index in [0.717, 1.165) is 19.4 Å². The Bertz CT molecular complexity index is 405. The highest BCUT2D eigenvalue weighted by Crippen LogP contribution is 2.25. The van der Waals surface area contributed by atoms with Crippen LogP contribution in [0.15, 0.2) is 24.6 Å². The first-order valence-electron chi connectivity index (χ1n) is 11.8. The lowest BCUT2D eigenvalue weighted by Gasteiger charge is -2.39. The molecule has 158 valence electrons. The van der Waals surface area contributed by atoms with E-state index in [1.807, 2.05) is 13.1 Å². The van der Waals surface area contributed by atoms with Gasteiger partial charge in [-0.3, -0.25) is 4.48 Å². The molecule has 1 heterocycles. The average Bonchev–Trinajstić information content (AvgIpc) is 3.09. The lowest BCUT2D eigenvalue weighted by Crippen LogP contribution is -2.57. The van der Waals surface area contributed by atoms with Gasteiger partial charge in [-0.1, -0.05) is 76.9 Å². The number of hydrogen-bond donors (Lipinski definition) is 2. The number of aliphatic hydroxyl groups is 1. The van der Waals surface area contributed by atoms with Crippen LogP contribution in [0.1, 0.15) is 111 Å². The first-order valence-corrected chi connectivity index (χ1v) is 11.8. The van der Waals surface area contributed by atoms with Gasteiger partial charge in [-0.2, -0.15) is 0 Å². The summed E-state index contributed by atoms with van der Waals surface area (Å²) in [6.07, 6.45) is 27.6. The molecule has 0 spiro atoms. The van der Waals surface area contributed by atoms with E-state index in [2.05, 4.69) is 37.5 Å². The Morgan fingerprint density at radius 3 is 2.00 bits per heavy atom. The van der Waals surface area contributed by atoms with Gasteiger partial charge in [-0.05, 0) is 32.6 Å². The summed E-state index contributed by atoms with van der Waals surface area (Å²) in [6.45, 7) is 7.27. The van der Waals surface area contributed by atoms with Crippen molar-refractivity contribution in [3.63, 3.8) is 0 Å². The number of allylic oxidation sites excluding steroid dienone is 2. The van der Waals surface area contributed by atoms with Crippen LogP contribution in [0.3, 0.4) is 0 Å². The molecule has 0 aromatic rings. The van der Waals surface area contributed by atoms with Crippen molar-refractivity contribution in [1.29, 1.82) is 0 Å². The van der Waals surface area contributed by atoms with Gasteiger partial charge in [0.1, 0.15) is 6.20 Å². The predicted molar refractivity (Wildman–Crippen MR) is 118 cm³/mol. The van der Waals surface area contributed by atoms with E-state index in [1.54, 1.807) is 0 Å². The number of aliphatic hydroxyl groups excluding tert-OH is 1. The molecule has 1 aliphatic rings. The third kappa shape index (κ3) is 9.30. The maximum absolute atomic E-state index is 10.2. The molecular weight excluding hydrogens is 332 g/mol. The molecule has 0 radical (unpaired) electrons. The first-order chi connectivity index (χ1) is 13.2. The summed E-state index contributed by atoms with van der Waals surface area (Å²) >= 11 is 0. The number of quaternary nitrogens is 1. The molecule has 27 heavy (non-hydrogen) atoms. The van der Waals surface area contributed by atoms with Gasteiger partial charge in [-0.15, -0.1) is 0 Å². The minimum absolute atomic E-state index is 0.324. The summed E-state index contributed by atoms with van der Waals surface area (Å²) < 4.78 is 0.655. The van der Waals surface area contributed by atoms with Gasteiger partial charge in [-0.25, -0.2) is 0 Å². The molecule has 0 amide bonds. The van der Waals surface area contributed by atoms with Gasteiger partial charge >= 0.3 is 0 Å². The normalized spacial score (nSPS) is 23.2. The van der Waals surface area contributed by atoms with Crippen LogP contribution in [0.4, 0.5) is 0 Å². The van der Waals surface area contributed by atoms with Crippen LogP contribution in [-0.2, 0) is 0 Å². The van der Waals surface area contributed by atoms with Crippen molar-refractivity contribution >= 4 is 0 Å². The molecule has 0 saturated heterocycles. The van der Waals surface area contributed by atoms with Crippen molar-refractivity contribution in [3.8, 4) is 0 Å². The summed E-state index contributed by atoms with van der Waals surface area (Å²) in [5.41, 5.74) is 0. The second kappa shape index (κ2) is 15.2. The van der Waals surface area contributed by atoms with E-state index in [-0.39, 0.29) is 6.23 Å². The van der Waals surface area contributed by atoms with Crippen LogP contribution in [0, 0.1) is 0 Å². The molecule has 0 fully saturated rings. The Morgan fingerprint density at radius 2 is 1.44 bits per heavy atom. The van der Waals surface area contributed by atoms with Crippen molar-refractivity contribution in [2.75, 3.05) is 6.54 Å². The first kappa shape index (κ1) is 24.2. The minimum atomic E-state index is -0.349. The molecule has 3 atom stereocenters. The average molecular weight is 380 g/mol. The molecule has 1 rings (SSSR count). The summed E-state index contributed by atoms with van der Waals surface area (Å²) in [4.78, 5) is 0. The van der Waals surface area contributed by atoms with E-state index in [1.165, 1.54) is 77.0 Å². The number of nitrogens with zero attached hydrogens (tertiary/aromatic N) is 1. The maximum atomic E-state index is 10.2. The van der Waals surface area contributed by atoms with Gasteiger partial charge in [0, 0.05) is 13.3 Å². The van der Waals surface area contributed by atoms with Crippen LogP contribution >= 0.6 is 0 Å². The van der Waals surface area contributed by atoms with Gasteiger partial charge in [0.25, 0.3) is 0 Å². The number of rotatable bonds is 17.